The van der Waals surface area contributed by atoms with Crippen LogP contribution in [0.1, 0.15) is 40.8 Å². The van der Waals surface area contributed by atoms with Crippen molar-refractivity contribution in [1.82, 2.24) is 19.8 Å². The molecule has 2 fully saturated rings. The summed E-state index contributed by atoms with van der Waals surface area (Å²) < 4.78 is 11.0. The highest BCUT2D eigenvalue weighted by molar-refractivity contribution is 5.95. The summed E-state index contributed by atoms with van der Waals surface area (Å²) in [7, 11) is 0. The first kappa shape index (κ1) is 20.3. The number of hydrogen-bond acceptors (Lipinski definition) is 6. The van der Waals surface area contributed by atoms with Crippen LogP contribution in [-0.2, 0) is 9.53 Å². The molecule has 1 atom stereocenters. The average Bonchev–Trinajstić information content (AvgIpc) is 3.28. The Hall–Kier alpha value is -3.00. The molecule has 0 unspecified atom stereocenters. The first-order chi connectivity index (χ1) is 14.6. The number of para-hydroxylation sites is 1. The number of carbonyl (C=O) groups excluding carboxylic acids is 2. The Labute approximate surface area is 175 Å². The van der Waals surface area contributed by atoms with Crippen molar-refractivity contribution in [3.8, 4) is 5.75 Å². The summed E-state index contributed by atoms with van der Waals surface area (Å²) in [5.41, 5.74) is 1.10. The minimum atomic E-state index is -0.251. The van der Waals surface area contributed by atoms with Crippen molar-refractivity contribution >= 4 is 11.8 Å². The number of aromatic nitrogens is 2. The predicted molar refractivity (Wildman–Crippen MR) is 109 cm³/mol. The summed E-state index contributed by atoms with van der Waals surface area (Å²) in [6.07, 6.45) is 3.21. The van der Waals surface area contributed by atoms with Gasteiger partial charge in [0.15, 0.2) is 6.61 Å². The van der Waals surface area contributed by atoms with Gasteiger partial charge in [-0.05, 0) is 31.9 Å². The van der Waals surface area contributed by atoms with Gasteiger partial charge in [0, 0.05) is 25.8 Å². The third kappa shape index (κ3) is 4.43. The zero-order valence-corrected chi connectivity index (χ0v) is 17.1. The molecule has 0 bridgehead atoms. The summed E-state index contributed by atoms with van der Waals surface area (Å²) in [4.78, 5) is 38.4. The molecule has 3 heterocycles. The molecule has 2 aliphatic heterocycles. The molecule has 4 rings (SSSR count). The topological polar surface area (TPSA) is 84.9 Å². The van der Waals surface area contributed by atoms with Gasteiger partial charge in [0.2, 0.25) is 0 Å². The normalized spacial score (nSPS) is 19.0. The van der Waals surface area contributed by atoms with Gasteiger partial charge in [0.25, 0.3) is 11.8 Å². The Morgan fingerprint density at radius 1 is 1.17 bits per heavy atom. The highest BCUT2D eigenvalue weighted by atomic mass is 16.5. The van der Waals surface area contributed by atoms with Crippen molar-refractivity contribution in [1.29, 1.82) is 0 Å². The van der Waals surface area contributed by atoms with Gasteiger partial charge in [-0.25, -0.2) is 9.97 Å². The van der Waals surface area contributed by atoms with E-state index in [9.17, 15) is 9.59 Å². The molecule has 0 aliphatic carbocycles. The lowest BCUT2D eigenvalue weighted by molar-refractivity contribution is -0.134. The van der Waals surface area contributed by atoms with Gasteiger partial charge in [-0.3, -0.25) is 9.59 Å². The van der Waals surface area contributed by atoms with Crippen LogP contribution in [0, 0.1) is 6.92 Å². The molecule has 1 aromatic carbocycles. The fraction of sp³-hybridized carbons (Fsp3) is 0.455. The molecule has 0 spiro atoms. The molecule has 1 aromatic heterocycles. The van der Waals surface area contributed by atoms with Crippen LogP contribution in [0.5, 0.6) is 5.75 Å². The Bertz CT molecular complexity index is 899. The Balaban J connectivity index is 1.53. The molecular formula is C22H26N4O4. The maximum Gasteiger partial charge on any atom is 0.261 e. The van der Waals surface area contributed by atoms with Crippen molar-refractivity contribution in [2.45, 2.75) is 25.8 Å². The first-order valence-corrected chi connectivity index (χ1v) is 10.3. The lowest BCUT2D eigenvalue weighted by Gasteiger charge is -2.29. The molecule has 8 nitrogen and oxygen atoms in total. The van der Waals surface area contributed by atoms with E-state index in [1.165, 1.54) is 0 Å². The summed E-state index contributed by atoms with van der Waals surface area (Å²) in [5.74, 6) is 1.03. The molecule has 2 aliphatic rings. The molecule has 0 radical (unpaired) electrons. The standard InChI is InChI=1S/C22H26N4O4/c1-16-23-14-18(22(28)25-10-12-29-13-11-25)21(24-16)19-8-5-9-26(19)20(27)15-30-17-6-3-2-4-7-17/h2-4,6-7,14,19H,5,8-13,15H2,1H3/t19-/m0/s1. The van der Waals surface area contributed by atoms with E-state index in [-0.39, 0.29) is 24.5 Å². The first-order valence-electron chi connectivity index (χ1n) is 10.3. The second kappa shape index (κ2) is 9.21. The van der Waals surface area contributed by atoms with Gasteiger partial charge < -0.3 is 19.3 Å². The van der Waals surface area contributed by atoms with Crippen molar-refractivity contribution in [2.24, 2.45) is 0 Å². The SMILES string of the molecule is Cc1ncc(C(=O)N2CCOCC2)c([C@@H]2CCCN2C(=O)COc2ccccc2)n1. The molecule has 0 saturated carbocycles. The second-order valence-corrected chi connectivity index (χ2v) is 7.47. The quantitative estimate of drug-likeness (QED) is 0.750. The van der Waals surface area contributed by atoms with E-state index in [4.69, 9.17) is 9.47 Å². The van der Waals surface area contributed by atoms with Crippen LogP contribution >= 0.6 is 0 Å². The predicted octanol–water partition coefficient (Wildman–Crippen LogP) is 2.00. The van der Waals surface area contributed by atoms with E-state index in [0.29, 0.717) is 55.7 Å². The Morgan fingerprint density at radius 2 is 1.93 bits per heavy atom. The van der Waals surface area contributed by atoms with Crippen molar-refractivity contribution in [2.75, 3.05) is 39.5 Å². The smallest absolute Gasteiger partial charge is 0.261 e. The van der Waals surface area contributed by atoms with Gasteiger partial charge in [0.1, 0.15) is 11.6 Å². The van der Waals surface area contributed by atoms with E-state index in [2.05, 4.69) is 9.97 Å². The van der Waals surface area contributed by atoms with Crippen LogP contribution < -0.4 is 4.74 Å². The van der Waals surface area contributed by atoms with Crippen molar-refractivity contribution in [3.05, 3.63) is 53.6 Å². The van der Waals surface area contributed by atoms with Crippen LogP contribution in [0.3, 0.4) is 0 Å². The number of hydrogen-bond donors (Lipinski definition) is 0. The van der Waals surface area contributed by atoms with Crippen molar-refractivity contribution < 1.29 is 19.1 Å². The van der Waals surface area contributed by atoms with Gasteiger partial charge in [-0.2, -0.15) is 0 Å². The minimum absolute atomic E-state index is 0.0443. The fourth-order valence-electron chi connectivity index (χ4n) is 3.94. The fourth-order valence-corrected chi connectivity index (χ4v) is 3.94. The number of ether oxygens (including phenoxy) is 2. The van der Waals surface area contributed by atoms with E-state index in [0.717, 1.165) is 12.8 Å². The van der Waals surface area contributed by atoms with E-state index in [1.807, 2.05) is 30.3 Å². The van der Waals surface area contributed by atoms with Gasteiger partial charge >= 0.3 is 0 Å². The third-order valence-corrected chi connectivity index (χ3v) is 5.46. The highest BCUT2D eigenvalue weighted by Crippen LogP contribution is 2.33. The number of nitrogens with zero attached hydrogens (tertiary/aromatic N) is 4. The zero-order chi connectivity index (χ0) is 20.9. The van der Waals surface area contributed by atoms with Crippen LogP contribution in [-0.4, -0.2) is 71.0 Å². The highest BCUT2D eigenvalue weighted by Gasteiger charge is 2.35. The van der Waals surface area contributed by atoms with Gasteiger partial charge in [0.05, 0.1) is 30.5 Å². The van der Waals surface area contributed by atoms with E-state index in [1.54, 1.807) is 22.9 Å². The zero-order valence-electron chi connectivity index (χ0n) is 17.1. The number of carbonyl (C=O) groups is 2. The lowest BCUT2D eigenvalue weighted by atomic mass is 10.0. The van der Waals surface area contributed by atoms with E-state index < -0.39 is 0 Å². The number of benzene rings is 1. The van der Waals surface area contributed by atoms with Crippen LogP contribution in [0.15, 0.2) is 36.5 Å². The molecule has 8 heteroatoms. The lowest BCUT2D eigenvalue weighted by Crippen LogP contribution is -2.42. The summed E-state index contributed by atoms with van der Waals surface area (Å²) in [6, 6.07) is 9.02. The maximum absolute atomic E-state index is 13.1. The molecule has 2 aromatic rings. The molecule has 30 heavy (non-hydrogen) atoms. The molecule has 158 valence electrons. The average molecular weight is 410 g/mol. The minimum Gasteiger partial charge on any atom is -0.484 e. The summed E-state index contributed by atoms with van der Waals surface area (Å²) >= 11 is 0. The van der Waals surface area contributed by atoms with Crippen LogP contribution in [0.4, 0.5) is 0 Å². The molecular weight excluding hydrogens is 384 g/mol. The van der Waals surface area contributed by atoms with E-state index >= 15 is 0 Å². The third-order valence-electron chi connectivity index (χ3n) is 5.46. The second-order valence-electron chi connectivity index (χ2n) is 7.47. The van der Waals surface area contributed by atoms with Crippen molar-refractivity contribution in [3.63, 3.8) is 0 Å². The number of likely N-dealkylation sites (tertiary alicyclic amines) is 1. The molecule has 2 amide bonds. The summed E-state index contributed by atoms with van der Waals surface area (Å²) in [5, 5.41) is 0. The number of amides is 2. The van der Waals surface area contributed by atoms with Gasteiger partial charge in [-0.1, -0.05) is 18.2 Å². The molecule has 2 saturated heterocycles. The number of rotatable bonds is 5. The Morgan fingerprint density at radius 3 is 2.70 bits per heavy atom. The molecule has 0 N–H and O–H groups in total. The largest absolute Gasteiger partial charge is 0.484 e. The summed E-state index contributed by atoms with van der Waals surface area (Å²) in [6.45, 7) is 4.52. The number of morpholine rings is 1. The number of aryl methyl sites for hydroxylation is 1. The van der Waals surface area contributed by atoms with Gasteiger partial charge in [-0.15, -0.1) is 0 Å². The monoisotopic (exact) mass is 410 g/mol. The maximum atomic E-state index is 13.1. The van der Waals surface area contributed by atoms with Crippen LogP contribution in [0.25, 0.3) is 0 Å². The van der Waals surface area contributed by atoms with Crippen LogP contribution in [0.2, 0.25) is 0 Å². The Kier molecular flexibility index (Phi) is 6.23.